The SMILES string of the molecule is Cc1occc1SC[C@@H](C)N. The minimum Gasteiger partial charge on any atom is -0.468 e. The maximum Gasteiger partial charge on any atom is 0.114 e. The van der Waals surface area contributed by atoms with E-state index in [9.17, 15) is 0 Å². The number of furan rings is 1. The number of nitrogens with two attached hydrogens (primary N) is 1. The third-order valence-corrected chi connectivity index (χ3v) is 2.74. The Morgan fingerprint density at radius 2 is 2.45 bits per heavy atom. The van der Waals surface area contributed by atoms with Gasteiger partial charge < -0.3 is 10.2 Å². The number of thioether (sulfide) groups is 1. The highest BCUT2D eigenvalue weighted by atomic mass is 32.2. The zero-order chi connectivity index (χ0) is 8.27. The molecule has 0 unspecified atom stereocenters. The molecule has 11 heavy (non-hydrogen) atoms. The largest absolute Gasteiger partial charge is 0.468 e. The predicted molar refractivity (Wildman–Crippen MR) is 47.8 cm³/mol. The zero-order valence-electron chi connectivity index (χ0n) is 6.83. The highest BCUT2D eigenvalue weighted by molar-refractivity contribution is 7.99. The zero-order valence-corrected chi connectivity index (χ0v) is 7.65. The summed E-state index contributed by atoms with van der Waals surface area (Å²) >= 11 is 1.74. The fraction of sp³-hybridized carbons (Fsp3) is 0.500. The Hall–Kier alpha value is -0.410. The van der Waals surface area contributed by atoms with E-state index in [4.69, 9.17) is 10.2 Å². The molecule has 62 valence electrons. The van der Waals surface area contributed by atoms with Crippen LogP contribution in [0.2, 0.25) is 0 Å². The van der Waals surface area contributed by atoms with Crippen molar-refractivity contribution >= 4 is 11.8 Å². The molecular weight excluding hydrogens is 158 g/mol. The van der Waals surface area contributed by atoms with Gasteiger partial charge in [0.1, 0.15) is 5.76 Å². The molecule has 0 aromatic carbocycles. The van der Waals surface area contributed by atoms with Crippen LogP contribution in [0.3, 0.4) is 0 Å². The van der Waals surface area contributed by atoms with E-state index in [0.29, 0.717) is 0 Å². The van der Waals surface area contributed by atoms with Crippen LogP contribution in [0.15, 0.2) is 21.6 Å². The molecule has 0 spiro atoms. The summed E-state index contributed by atoms with van der Waals surface area (Å²) in [7, 11) is 0. The van der Waals surface area contributed by atoms with Crippen molar-refractivity contribution in [1.82, 2.24) is 0 Å². The van der Waals surface area contributed by atoms with E-state index in [2.05, 4.69) is 0 Å². The Balaban J connectivity index is 2.44. The Morgan fingerprint density at radius 3 is 2.91 bits per heavy atom. The Labute approximate surface area is 71.1 Å². The maximum atomic E-state index is 5.61. The van der Waals surface area contributed by atoms with Crippen LogP contribution in [0.25, 0.3) is 0 Å². The van der Waals surface area contributed by atoms with Gasteiger partial charge in [0.05, 0.1) is 6.26 Å². The van der Waals surface area contributed by atoms with Gasteiger partial charge in [0.25, 0.3) is 0 Å². The number of rotatable bonds is 3. The summed E-state index contributed by atoms with van der Waals surface area (Å²) in [6.45, 7) is 3.96. The average molecular weight is 171 g/mol. The Morgan fingerprint density at radius 1 is 1.73 bits per heavy atom. The number of hydrogen-bond acceptors (Lipinski definition) is 3. The first-order chi connectivity index (χ1) is 5.20. The molecule has 1 aromatic heterocycles. The van der Waals surface area contributed by atoms with Gasteiger partial charge in [-0.25, -0.2) is 0 Å². The van der Waals surface area contributed by atoms with E-state index in [0.717, 1.165) is 11.5 Å². The minimum absolute atomic E-state index is 0.245. The van der Waals surface area contributed by atoms with E-state index in [1.165, 1.54) is 4.90 Å². The van der Waals surface area contributed by atoms with Crippen molar-refractivity contribution in [1.29, 1.82) is 0 Å². The Bertz CT molecular complexity index is 220. The monoisotopic (exact) mass is 171 g/mol. The molecule has 0 amide bonds. The lowest BCUT2D eigenvalue weighted by Gasteiger charge is -2.02. The van der Waals surface area contributed by atoms with E-state index in [1.54, 1.807) is 18.0 Å². The summed E-state index contributed by atoms with van der Waals surface area (Å²) in [6, 6.07) is 2.22. The molecule has 0 aliphatic rings. The van der Waals surface area contributed by atoms with Gasteiger partial charge in [0.15, 0.2) is 0 Å². The molecule has 0 aliphatic carbocycles. The van der Waals surface area contributed by atoms with Crippen LogP contribution in [-0.4, -0.2) is 11.8 Å². The first kappa shape index (κ1) is 8.68. The molecule has 0 fully saturated rings. The first-order valence-electron chi connectivity index (χ1n) is 3.62. The smallest absolute Gasteiger partial charge is 0.114 e. The topological polar surface area (TPSA) is 39.2 Å². The maximum absolute atomic E-state index is 5.61. The molecule has 0 bridgehead atoms. The van der Waals surface area contributed by atoms with Crippen LogP contribution in [-0.2, 0) is 0 Å². The number of aryl methyl sites for hydroxylation is 1. The number of hydrogen-bond donors (Lipinski definition) is 1. The van der Waals surface area contributed by atoms with Crippen LogP contribution in [0.1, 0.15) is 12.7 Å². The fourth-order valence-electron chi connectivity index (χ4n) is 0.744. The lowest BCUT2D eigenvalue weighted by Crippen LogP contribution is -2.17. The molecule has 1 heterocycles. The van der Waals surface area contributed by atoms with E-state index in [1.807, 2.05) is 19.9 Å². The van der Waals surface area contributed by atoms with E-state index in [-0.39, 0.29) is 6.04 Å². The van der Waals surface area contributed by atoms with Gasteiger partial charge >= 0.3 is 0 Å². The van der Waals surface area contributed by atoms with E-state index < -0.39 is 0 Å². The average Bonchev–Trinajstić information content (AvgIpc) is 2.31. The van der Waals surface area contributed by atoms with Crippen LogP contribution >= 0.6 is 11.8 Å². The molecule has 2 N–H and O–H groups in total. The highest BCUT2D eigenvalue weighted by Gasteiger charge is 2.02. The second kappa shape index (κ2) is 3.83. The van der Waals surface area contributed by atoms with Crippen LogP contribution in [0.5, 0.6) is 0 Å². The summed E-state index contributed by atoms with van der Waals surface area (Å²) in [4.78, 5) is 1.20. The van der Waals surface area contributed by atoms with Crippen molar-refractivity contribution in [2.24, 2.45) is 5.73 Å². The fourth-order valence-corrected chi connectivity index (χ4v) is 1.59. The molecule has 1 atom stereocenters. The van der Waals surface area contributed by atoms with Gasteiger partial charge in [-0.1, -0.05) is 0 Å². The van der Waals surface area contributed by atoms with Crippen molar-refractivity contribution in [3.8, 4) is 0 Å². The highest BCUT2D eigenvalue weighted by Crippen LogP contribution is 2.22. The van der Waals surface area contributed by atoms with E-state index >= 15 is 0 Å². The minimum atomic E-state index is 0.245. The lowest BCUT2D eigenvalue weighted by atomic mass is 10.4. The molecular formula is C8H13NOS. The summed E-state index contributed by atoms with van der Waals surface area (Å²) in [5.74, 6) is 1.93. The van der Waals surface area contributed by atoms with Crippen molar-refractivity contribution in [2.45, 2.75) is 24.8 Å². The molecule has 3 heteroatoms. The lowest BCUT2D eigenvalue weighted by molar-refractivity contribution is 0.527. The third kappa shape index (κ3) is 2.60. The first-order valence-corrected chi connectivity index (χ1v) is 4.61. The summed E-state index contributed by atoms with van der Waals surface area (Å²) < 4.78 is 5.14. The summed E-state index contributed by atoms with van der Waals surface area (Å²) in [6.07, 6.45) is 1.71. The van der Waals surface area contributed by atoms with Crippen molar-refractivity contribution in [3.05, 3.63) is 18.1 Å². The molecule has 1 aromatic rings. The predicted octanol–water partition coefficient (Wildman–Crippen LogP) is 2.03. The Kier molecular flexibility index (Phi) is 3.02. The second-order valence-corrected chi connectivity index (χ2v) is 3.69. The van der Waals surface area contributed by atoms with Crippen molar-refractivity contribution < 1.29 is 4.42 Å². The van der Waals surface area contributed by atoms with Crippen molar-refractivity contribution in [3.63, 3.8) is 0 Å². The van der Waals surface area contributed by atoms with Crippen LogP contribution in [0, 0.1) is 6.92 Å². The molecule has 0 saturated carbocycles. The standard InChI is InChI=1S/C8H13NOS/c1-6(9)5-11-8-3-4-10-7(8)2/h3-4,6H,5,9H2,1-2H3/t6-/m1/s1. The van der Waals surface area contributed by atoms with Gasteiger partial charge in [0.2, 0.25) is 0 Å². The summed E-state index contributed by atoms with van der Waals surface area (Å²) in [5.41, 5.74) is 5.61. The van der Waals surface area contributed by atoms with Crippen LogP contribution < -0.4 is 5.73 Å². The van der Waals surface area contributed by atoms with Crippen molar-refractivity contribution in [2.75, 3.05) is 5.75 Å². The molecule has 0 radical (unpaired) electrons. The molecule has 2 nitrogen and oxygen atoms in total. The van der Waals surface area contributed by atoms with Gasteiger partial charge in [0, 0.05) is 16.7 Å². The molecule has 1 rings (SSSR count). The summed E-state index contributed by atoms with van der Waals surface area (Å²) in [5, 5.41) is 0. The third-order valence-electron chi connectivity index (χ3n) is 1.31. The van der Waals surface area contributed by atoms with Gasteiger partial charge in [-0.2, -0.15) is 0 Å². The normalized spacial score (nSPS) is 13.4. The molecule has 0 aliphatic heterocycles. The second-order valence-electron chi connectivity index (χ2n) is 2.63. The van der Waals surface area contributed by atoms with Crippen LogP contribution in [0.4, 0.5) is 0 Å². The van der Waals surface area contributed by atoms with Gasteiger partial charge in [-0.15, -0.1) is 11.8 Å². The molecule has 0 saturated heterocycles. The quantitative estimate of drug-likeness (QED) is 0.707. The van der Waals surface area contributed by atoms with Gasteiger partial charge in [-0.3, -0.25) is 0 Å². The van der Waals surface area contributed by atoms with Gasteiger partial charge in [-0.05, 0) is 19.9 Å².